The smallest absolute Gasteiger partial charge is 0.126 e. The lowest BCUT2D eigenvalue weighted by Gasteiger charge is -2.07. The van der Waals surface area contributed by atoms with Crippen LogP contribution in [0, 0.1) is 11.6 Å². The van der Waals surface area contributed by atoms with E-state index in [2.05, 4.69) is 25.1 Å². The minimum Gasteiger partial charge on any atom is -0.207 e. The van der Waals surface area contributed by atoms with Crippen LogP contribution in [-0.4, -0.2) is 0 Å². The van der Waals surface area contributed by atoms with Crippen molar-refractivity contribution < 1.29 is 8.78 Å². The van der Waals surface area contributed by atoms with E-state index in [-0.39, 0.29) is 0 Å². The summed E-state index contributed by atoms with van der Waals surface area (Å²) in [4.78, 5) is 0. The van der Waals surface area contributed by atoms with Gasteiger partial charge in [-0.25, -0.2) is 8.78 Å². The second kappa shape index (κ2) is 5.65. The summed E-state index contributed by atoms with van der Waals surface area (Å²) in [5.74, 6) is -1.10. The lowest BCUT2D eigenvalue weighted by molar-refractivity contribution is 0.584. The van der Waals surface area contributed by atoms with Gasteiger partial charge in [0.05, 0.1) is 0 Å². The van der Waals surface area contributed by atoms with Crippen LogP contribution >= 0.6 is 0 Å². The van der Waals surface area contributed by atoms with Crippen molar-refractivity contribution in [2.24, 2.45) is 0 Å². The Kier molecular flexibility index (Phi) is 3.70. The van der Waals surface area contributed by atoms with E-state index in [1.807, 2.05) is 18.2 Å². The van der Waals surface area contributed by atoms with Gasteiger partial charge in [-0.15, -0.1) is 0 Å². The predicted molar refractivity (Wildman–Crippen MR) is 83.3 cm³/mol. The van der Waals surface area contributed by atoms with Crippen LogP contribution < -0.4 is 0 Å². The highest BCUT2D eigenvalue weighted by Crippen LogP contribution is 2.26. The second-order valence-corrected chi connectivity index (χ2v) is 5.30. The van der Waals surface area contributed by atoms with Crippen molar-refractivity contribution in [1.82, 2.24) is 0 Å². The van der Waals surface area contributed by atoms with E-state index in [0.29, 0.717) is 5.56 Å². The number of benzene rings is 3. The molecule has 0 amide bonds. The predicted octanol–water partition coefficient (Wildman–Crippen LogP) is 5.74. The summed E-state index contributed by atoms with van der Waals surface area (Å²) in [6, 6.07) is 15.8. The Morgan fingerprint density at radius 2 is 1.38 bits per heavy atom. The zero-order chi connectivity index (χ0) is 14.8. The topological polar surface area (TPSA) is 0 Å². The fraction of sp³-hybridized carbons (Fsp3) is 0.158. The van der Waals surface area contributed by atoms with Crippen LogP contribution in [0.2, 0.25) is 0 Å². The highest BCUT2D eigenvalue weighted by Gasteiger charge is 2.05. The molecule has 0 aromatic heterocycles. The van der Waals surface area contributed by atoms with Crippen molar-refractivity contribution in [3.63, 3.8) is 0 Å². The summed E-state index contributed by atoms with van der Waals surface area (Å²) >= 11 is 0. The number of halogens is 2. The van der Waals surface area contributed by atoms with E-state index in [4.69, 9.17) is 0 Å². The molecule has 0 aliphatic carbocycles. The molecule has 0 radical (unpaired) electrons. The lowest BCUT2D eigenvalue weighted by atomic mass is 9.99. The quantitative estimate of drug-likeness (QED) is 0.575. The van der Waals surface area contributed by atoms with E-state index >= 15 is 0 Å². The second-order valence-electron chi connectivity index (χ2n) is 5.30. The molecular weight excluding hydrogens is 266 g/mol. The highest BCUT2D eigenvalue weighted by molar-refractivity contribution is 5.87. The molecule has 3 aromatic rings. The minimum absolute atomic E-state index is 0.552. The number of aryl methyl sites for hydroxylation is 1. The van der Waals surface area contributed by atoms with Gasteiger partial charge in [-0.1, -0.05) is 43.7 Å². The van der Waals surface area contributed by atoms with Crippen molar-refractivity contribution in [2.45, 2.75) is 19.8 Å². The number of hydrogen-bond donors (Lipinski definition) is 0. The molecule has 0 aliphatic heterocycles. The van der Waals surface area contributed by atoms with E-state index in [1.165, 1.54) is 17.7 Å². The summed E-state index contributed by atoms with van der Waals surface area (Å²) < 4.78 is 26.7. The van der Waals surface area contributed by atoms with E-state index in [1.54, 1.807) is 0 Å². The lowest BCUT2D eigenvalue weighted by Crippen LogP contribution is -1.86. The van der Waals surface area contributed by atoms with Gasteiger partial charge in [0.1, 0.15) is 11.6 Å². The largest absolute Gasteiger partial charge is 0.207 e. The first-order valence-corrected chi connectivity index (χ1v) is 7.15. The average molecular weight is 282 g/mol. The molecule has 3 aromatic carbocycles. The van der Waals surface area contributed by atoms with Crippen molar-refractivity contribution >= 4 is 10.8 Å². The van der Waals surface area contributed by atoms with Crippen molar-refractivity contribution in [2.75, 3.05) is 0 Å². The van der Waals surface area contributed by atoms with Crippen LogP contribution in [0.25, 0.3) is 21.9 Å². The zero-order valence-electron chi connectivity index (χ0n) is 11.9. The highest BCUT2D eigenvalue weighted by atomic mass is 19.1. The standard InChI is InChI=1S/C19H16F2/c1-2-3-13-4-5-15-9-16(7-6-14(15)8-13)17-10-18(20)12-19(21)11-17/h4-12H,2-3H2,1H3. The fourth-order valence-corrected chi connectivity index (χ4v) is 2.64. The van der Waals surface area contributed by atoms with Crippen LogP contribution in [0.1, 0.15) is 18.9 Å². The van der Waals surface area contributed by atoms with Crippen LogP contribution in [0.5, 0.6) is 0 Å². The molecule has 2 heteroatoms. The fourth-order valence-electron chi connectivity index (χ4n) is 2.64. The molecule has 0 atom stereocenters. The first-order chi connectivity index (χ1) is 10.2. The molecule has 0 nitrogen and oxygen atoms in total. The Morgan fingerprint density at radius 1 is 0.714 bits per heavy atom. The maximum atomic E-state index is 13.3. The summed E-state index contributed by atoms with van der Waals surface area (Å²) in [5, 5.41) is 2.23. The van der Waals surface area contributed by atoms with Crippen LogP contribution in [0.15, 0.2) is 54.6 Å². The third-order valence-electron chi connectivity index (χ3n) is 3.64. The monoisotopic (exact) mass is 282 g/mol. The Bertz CT molecular complexity index is 770. The molecule has 0 aliphatic rings. The molecule has 21 heavy (non-hydrogen) atoms. The first kappa shape index (κ1) is 13.7. The van der Waals surface area contributed by atoms with E-state index in [9.17, 15) is 8.78 Å². The molecule has 0 spiro atoms. The van der Waals surface area contributed by atoms with Crippen LogP contribution in [0.4, 0.5) is 8.78 Å². The van der Waals surface area contributed by atoms with Crippen LogP contribution in [0.3, 0.4) is 0 Å². The first-order valence-electron chi connectivity index (χ1n) is 7.15. The van der Waals surface area contributed by atoms with E-state index < -0.39 is 11.6 Å². The third kappa shape index (κ3) is 2.94. The minimum atomic E-state index is -0.552. The molecule has 3 rings (SSSR count). The van der Waals surface area contributed by atoms with Gasteiger partial charge in [0.2, 0.25) is 0 Å². The van der Waals surface area contributed by atoms with Gasteiger partial charge in [-0.3, -0.25) is 0 Å². The zero-order valence-corrected chi connectivity index (χ0v) is 11.9. The SMILES string of the molecule is CCCc1ccc2cc(-c3cc(F)cc(F)c3)ccc2c1. The summed E-state index contributed by atoms with van der Waals surface area (Å²) in [7, 11) is 0. The Hall–Kier alpha value is -2.22. The average Bonchev–Trinajstić information content (AvgIpc) is 2.46. The van der Waals surface area contributed by atoms with Crippen molar-refractivity contribution in [1.29, 1.82) is 0 Å². The summed E-state index contributed by atoms with van der Waals surface area (Å²) in [5.41, 5.74) is 2.70. The molecule has 0 unspecified atom stereocenters. The summed E-state index contributed by atoms with van der Waals surface area (Å²) in [6.45, 7) is 2.16. The van der Waals surface area contributed by atoms with Gasteiger partial charge in [0.15, 0.2) is 0 Å². The maximum absolute atomic E-state index is 13.3. The van der Waals surface area contributed by atoms with Crippen LogP contribution in [-0.2, 0) is 6.42 Å². The number of rotatable bonds is 3. The van der Waals surface area contributed by atoms with Gasteiger partial charge in [0, 0.05) is 6.07 Å². The third-order valence-corrected chi connectivity index (χ3v) is 3.64. The molecule has 0 saturated carbocycles. The van der Waals surface area contributed by atoms with Gasteiger partial charge in [-0.2, -0.15) is 0 Å². The molecule has 0 heterocycles. The van der Waals surface area contributed by atoms with Gasteiger partial charge in [0.25, 0.3) is 0 Å². The normalized spacial score (nSPS) is 11.0. The van der Waals surface area contributed by atoms with Gasteiger partial charge >= 0.3 is 0 Å². The number of fused-ring (bicyclic) bond motifs is 1. The number of hydrogen-bond acceptors (Lipinski definition) is 0. The molecule has 0 bridgehead atoms. The Balaban J connectivity index is 2.06. The molecular formula is C19H16F2. The summed E-state index contributed by atoms with van der Waals surface area (Å²) in [6.07, 6.45) is 2.18. The molecule has 106 valence electrons. The van der Waals surface area contributed by atoms with E-state index in [0.717, 1.165) is 35.2 Å². The van der Waals surface area contributed by atoms with Gasteiger partial charge < -0.3 is 0 Å². The van der Waals surface area contributed by atoms with Crippen molar-refractivity contribution in [3.05, 3.63) is 71.8 Å². The Morgan fingerprint density at radius 3 is 2.10 bits per heavy atom. The molecule has 0 fully saturated rings. The molecule has 0 saturated heterocycles. The van der Waals surface area contributed by atoms with Gasteiger partial charge in [-0.05, 0) is 52.1 Å². The molecule has 0 N–H and O–H groups in total. The maximum Gasteiger partial charge on any atom is 0.126 e. The Labute approximate surface area is 123 Å². The van der Waals surface area contributed by atoms with Crippen molar-refractivity contribution in [3.8, 4) is 11.1 Å².